The van der Waals surface area contributed by atoms with Crippen molar-refractivity contribution in [3.05, 3.63) is 65.2 Å². The summed E-state index contributed by atoms with van der Waals surface area (Å²) < 4.78 is 52.9. The molecule has 1 atom stereocenters. The molecule has 0 aliphatic rings. The molecule has 110 valence electrons. The van der Waals surface area contributed by atoms with Gasteiger partial charge in [0.15, 0.2) is 23.3 Å². The van der Waals surface area contributed by atoms with Gasteiger partial charge in [-0.15, -0.1) is 11.6 Å². The number of anilines is 1. The quantitative estimate of drug-likeness (QED) is 0.514. The van der Waals surface area contributed by atoms with E-state index in [2.05, 4.69) is 0 Å². The van der Waals surface area contributed by atoms with Gasteiger partial charge in [0.05, 0.1) is 0 Å². The van der Waals surface area contributed by atoms with Crippen molar-refractivity contribution in [2.45, 2.75) is 5.38 Å². The minimum absolute atomic E-state index is 0.0513. The van der Waals surface area contributed by atoms with Crippen LogP contribution in [0.4, 0.5) is 23.2 Å². The summed E-state index contributed by atoms with van der Waals surface area (Å²) in [5, 5.41) is 0.490. The number of alkyl halides is 1. The molecule has 0 heterocycles. The molecule has 2 aromatic rings. The van der Waals surface area contributed by atoms with Gasteiger partial charge in [-0.2, -0.15) is 0 Å². The standard InChI is InChI=1S/C14H8ClF4NO/c15-10(7-4-2-1-3-5-7)14(21)20-13-11(18)8(16)6-9(17)12(13)19/h1-6,10H,(H,20,21). The van der Waals surface area contributed by atoms with Crippen molar-refractivity contribution in [1.29, 1.82) is 0 Å². The first kappa shape index (κ1) is 15.3. The van der Waals surface area contributed by atoms with Crippen molar-refractivity contribution >= 4 is 23.2 Å². The zero-order valence-electron chi connectivity index (χ0n) is 10.3. The Morgan fingerprint density at radius 1 is 1.00 bits per heavy atom. The van der Waals surface area contributed by atoms with Gasteiger partial charge in [0.1, 0.15) is 11.1 Å². The molecule has 0 aliphatic carbocycles. The third-order valence-electron chi connectivity index (χ3n) is 2.68. The zero-order valence-corrected chi connectivity index (χ0v) is 11.1. The molecule has 0 saturated carbocycles. The maximum absolute atomic E-state index is 13.4. The monoisotopic (exact) mass is 317 g/mol. The zero-order chi connectivity index (χ0) is 15.6. The highest BCUT2D eigenvalue weighted by molar-refractivity contribution is 6.32. The second kappa shape index (κ2) is 6.13. The molecular weight excluding hydrogens is 310 g/mol. The van der Waals surface area contributed by atoms with Crippen LogP contribution in [0.5, 0.6) is 0 Å². The topological polar surface area (TPSA) is 29.1 Å². The van der Waals surface area contributed by atoms with Crippen LogP contribution < -0.4 is 5.32 Å². The predicted octanol–water partition coefficient (Wildman–Crippen LogP) is 4.16. The molecule has 2 aromatic carbocycles. The Bertz CT molecular complexity index is 652. The van der Waals surface area contributed by atoms with Crippen molar-refractivity contribution in [1.82, 2.24) is 0 Å². The Hall–Kier alpha value is -2.08. The second-order valence-electron chi connectivity index (χ2n) is 4.11. The normalized spacial score (nSPS) is 12.0. The van der Waals surface area contributed by atoms with E-state index in [0.717, 1.165) is 0 Å². The van der Waals surface area contributed by atoms with Gasteiger partial charge in [0.25, 0.3) is 0 Å². The van der Waals surface area contributed by atoms with Crippen LogP contribution in [0.2, 0.25) is 0 Å². The lowest BCUT2D eigenvalue weighted by Gasteiger charge is -2.12. The molecule has 0 bridgehead atoms. The third-order valence-corrected chi connectivity index (χ3v) is 3.13. The number of benzene rings is 2. The number of hydrogen-bond acceptors (Lipinski definition) is 1. The molecule has 1 N–H and O–H groups in total. The fraction of sp³-hybridized carbons (Fsp3) is 0.0714. The van der Waals surface area contributed by atoms with Crippen LogP contribution in [0.25, 0.3) is 0 Å². The van der Waals surface area contributed by atoms with Crippen molar-refractivity contribution < 1.29 is 22.4 Å². The number of carbonyl (C=O) groups excluding carboxylic acids is 1. The van der Waals surface area contributed by atoms with Gasteiger partial charge in [-0.1, -0.05) is 30.3 Å². The van der Waals surface area contributed by atoms with E-state index in [0.29, 0.717) is 5.56 Å². The second-order valence-corrected chi connectivity index (χ2v) is 4.54. The lowest BCUT2D eigenvalue weighted by Crippen LogP contribution is -2.20. The Kier molecular flexibility index (Phi) is 4.47. The highest BCUT2D eigenvalue weighted by Crippen LogP contribution is 2.27. The van der Waals surface area contributed by atoms with Gasteiger partial charge in [-0.3, -0.25) is 4.79 Å². The summed E-state index contributed by atoms with van der Waals surface area (Å²) in [5.74, 6) is -7.63. The maximum Gasteiger partial charge on any atom is 0.247 e. The molecule has 7 heteroatoms. The minimum atomic E-state index is -1.70. The van der Waals surface area contributed by atoms with Crippen molar-refractivity contribution in [3.8, 4) is 0 Å². The molecule has 0 spiro atoms. The van der Waals surface area contributed by atoms with Crippen LogP contribution in [-0.2, 0) is 4.79 Å². The number of hydrogen-bond donors (Lipinski definition) is 1. The molecule has 0 aromatic heterocycles. The van der Waals surface area contributed by atoms with Gasteiger partial charge in [0, 0.05) is 6.07 Å². The Morgan fingerprint density at radius 2 is 1.52 bits per heavy atom. The molecular formula is C14H8ClF4NO. The molecule has 2 rings (SSSR count). The smallest absolute Gasteiger partial charge is 0.247 e. The van der Waals surface area contributed by atoms with E-state index in [1.54, 1.807) is 23.5 Å². The van der Waals surface area contributed by atoms with E-state index in [-0.39, 0.29) is 6.07 Å². The summed E-state index contributed by atoms with van der Waals surface area (Å²) in [7, 11) is 0. The van der Waals surface area contributed by atoms with E-state index >= 15 is 0 Å². The number of rotatable bonds is 3. The van der Waals surface area contributed by atoms with Gasteiger partial charge < -0.3 is 5.32 Å². The average Bonchev–Trinajstić information content (AvgIpc) is 2.49. The number of nitrogens with one attached hydrogen (secondary N) is 1. The third kappa shape index (κ3) is 3.16. The molecule has 0 aliphatic heterocycles. The lowest BCUT2D eigenvalue weighted by atomic mass is 10.1. The number of halogens is 5. The minimum Gasteiger partial charge on any atom is -0.319 e. The fourth-order valence-electron chi connectivity index (χ4n) is 1.64. The van der Waals surface area contributed by atoms with Gasteiger partial charge in [-0.05, 0) is 5.56 Å². The summed E-state index contributed by atoms with van der Waals surface area (Å²) in [6, 6.07) is 8.01. The van der Waals surface area contributed by atoms with Gasteiger partial charge in [0.2, 0.25) is 5.91 Å². The fourth-order valence-corrected chi connectivity index (χ4v) is 1.84. The molecule has 1 unspecified atom stereocenters. The average molecular weight is 318 g/mol. The summed E-state index contributed by atoms with van der Waals surface area (Å²) in [4.78, 5) is 11.8. The lowest BCUT2D eigenvalue weighted by molar-refractivity contribution is -0.116. The van der Waals surface area contributed by atoms with Crippen LogP contribution in [0, 0.1) is 23.3 Å². The van der Waals surface area contributed by atoms with Crippen LogP contribution in [-0.4, -0.2) is 5.91 Å². The van der Waals surface area contributed by atoms with Gasteiger partial charge in [-0.25, -0.2) is 17.6 Å². The van der Waals surface area contributed by atoms with Gasteiger partial charge >= 0.3 is 0 Å². The Balaban J connectivity index is 2.29. The molecule has 1 amide bonds. The summed E-state index contributed by atoms with van der Waals surface area (Å²) in [6.45, 7) is 0. The Morgan fingerprint density at radius 3 is 2.05 bits per heavy atom. The predicted molar refractivity (Wildman–Crippen MR) is 69.9 cm³/mol. The highest BCUT2D eigenvalue weighted by atomic mass is 35.5. The first-order valence-electron chi connectivity index (χ1n) is 5.74. The number of amides is 1. The SMILES string of the molecule is O=C(Nc1c(F)c(F)cc(F)c1F)C(Cl)c1ccccc1. The van der Waals surface area contributed by atoms with Crippen molar-refractivity contribution in [2.75, 3.05) is 5.32 Å². The summed E-state index contributed by atoms with van der Waals surface area (Å²) in [6.07, 6.45) is 0. The van der Waals surface area contributed by atoms with Crippen molar-refractivity contribution in [2.24, 2.45) is 0 Å². The van der Waals surface area contributed by atoms with E-state index < -0.39 is 40.2 Å². The van der Waals surface area contributed by atoms with Crippen LogP contribution in [0.1, 0.15) is 10.9 Å². The molecule has 0 saturated heterocycles. The maximum atomic E-state index is 13.4. The van der Waals surface area contributed by atoms with E-state index in [1.165, 1.54) is 12.1 Å². The molecule has 21 heavy (non-hydrogen) atoms. The summed E-state index contributed by atoms with van der Waals surface area (Å²) >= 11 is 5.85. The van der Waals surface area contributed by atoms with E-state index in [1.807, 2.05) is 0 Å². The van der Waals surface area contributed by atoms with Crippen LogP contribution in [0.3, 0.4) is 0 Å². The van der Waals surface area contributed by atoms with Crippen LogP contribution in [0.15, 0.2) is 36.4 Å². The van der Waals surface area contributed by atoms with E-state index in [9.17, 15) is 22.4 Å². The summed E-state index contributed by atoms with van der Waals surface area (Å²) in [5.41, 5.74) is -0.839. The Labute approximate surface area is 122 Å². The molecule has 0 radical (unpaired) electrons. The largest absolute Gasteiger partial charge is 0.319 e. The molecule has 0 fully saturated rings. The first-order valence-corrected chi connectivity index (χ1v) is 6.18. The highest BCUT2D eigenvalue weighted by Gasteiger charge is 2.24. The van der Waals surface area contributed by atoms with Crippen LogP contribution >= 0.6 is 11.6 Å². The van der Waals surface area contributed by atoms with E-state index in [4.69, 9.17) is 11.6 Å². The number of carbonyl (C=O) groups is 1. The first-order chi connectivity index (χ1) is 9.91. The van der Waals surface area contributed by atoms with Crippen molar-refractivity contribution in [3.63, 3.8) is 0 Å². The molecule has 2 nitrogen and oxygen atoms in total.